The Morgan fingerprint density at radius 3 is 2.37 bits per heavy atom. The Bertz CT molecular complexity index is 601. The Morgan fingerprint density at radius 2 is 1.79 bits per heavy atom. The van der Waals surface area contributed by atoms with Crippen molar-refractivity contribution in [2.24, 2.45) is 0 Å². The molecule has 2 aromatic rings. The van der Waals surface area contributed by atoms with Gasteiger partial charge in [-0.25, -0.2) is 4.39 Å². The average molecular weight is 261 g/mol. The van der Waals surface area contributed by atoms with Crippen LogP contribution in [0.25, 0.3) is 11.4 Å². The Morgan fingerprint density at radius 1 is 1.11 bits per heavy atom. The van der Waals surface area contributed by atoms with Crippen LogP contribution in [0.5, 0.6) is 0 Å². The maximum absolute atomic E-state index is 14.1. The van der Waals surface area contributed by atoms with E-state index in [4.69, 9.17) is 5.73 Å². The van der Waals surface area contributed by atoms with Crippen LogP contribution in [0.15, 0.2) is 12.1 Å². The average Bonchev–Trinajstić information content (AvgIpc) is 2.26. The summed E-state index contributed by atoms with van der Waals surface area (Å²) in [6.45, 7) is 3.66. The molecule has 0 spiro atoms. The van der Waals surface area contributed by atoms with Crippen molar-refractivity contribution >= 4 is 11.9 Å². The second-order valence-electron chi connectivity index (χ2n) is 4.65. The molecule has 0 unspecified atom stereocenters. The van der Waals surface area contributed by atoms with Gasteiger partial charge in [0.25, 0.3) is 0 Å². The summed E-state index contributed by atoms with van der Waals surface area (Å²) < 4.78 is 14.1. The zero-order chi connectivity index (χ0) is 14.2. The maximum atomic E-state index is 14.1. The lowest BCUT2D eigenvalue weighted by Gasteiger charge is -2.13. The number of anilines is 2. The largest absolute Gasteiger partial charge is 0.368 e. The smallest absolute Gasteiger partial charge is 0.230 e. The van der Waals surface area contributed by atoms with Crippen LogP contribution in [0, 0.1) is 19.7 Å². The Kier molecular flexibility index (Phi) is 3.33. The Hall–Kier alpha value is -2.24. The van der Waals surface area contributed by atoms with Crippen molar-refractivity contribution in [3.8, 4) is 11.4 Å². The molecule has 2 rings (SSSR count). The third kappa shape index (κ3) is 2.62. The number of nitrogen functional groups attached to an aromatic ring is 1. The molecule has 0 atom stereocenters. The lowest BCUT2D eigenvalue weighted by atomic mass is 10.0. The number of nitrogens with zero attached hydrogens (tertiary/aromatic N) is 4. The van der Waals surface area contributed by atoms with E-state index in [0.29, 0.717) is 11.5 Å². The van der Waals surface area contributed by atoms with Crippen LogP contribution in [0.1, 0.15) is 11.1 Å². The van der Waals surface area contributed by atoms with E-state index in [-0.39, 0.29) is 17.6 Å². The molecule has 5 nitrogen and oxygen atoms in total. The number of rotatable bonds is 2. The van der Waals surface area contributed by atoms with Gasteiger partial charge in [0, 0.05) is 14.1 Å². The van der Waals surface area contributed by atoms with E-state index in [1.807, 2.05) is 19.9 Å². The molecule has 0 fully saturated rings. The van der Waals surface area contributed by atoms with Gasteiger partial charge in [-0.2, -0.15) is 15.0 Å². The monoisotopic (exact) mass is 261 g/mol. The molecule has 0 aliphatic rings. The summed E-state index contributed by atoms with van der Waals surface area (Å²) in [5.41, 5.74) is 7.64. The quantitative estimate of drug-likeness (QED) is 0.894. The van der Waals surface area contributed by atoms with Crippen LogP contribution in [-0.4, -0.2) is 29.0 Å². The minimum Gasteiger partial charge on any atom is -0.368 e. The molecule has 19 heavy (non-hydrogen) atoms. The highest BCUT2D eigenvalue weighted by atomic mass is 19.1. The van der Waals surface area contributed by atoms with E-state index in [1.54, 1.807) is 19.0 Å². The molecule has 0 radical (unpaired) electrons. The van der Waals surface area contributed by atoms with Gasteiger partial charge in [0.1, 0.15) is 5.82 Å². The molecular formula is C13H16FN5. The Labute approximate surface area is 111 Å². The van der Waals surface area contributed by atoms with Gasteiger partial charge >= 0.3 is 0 Å². The SMILES string of the molecule is Cc1cc(C)c(-c2nc(N)nc(N(C)C)n2)c(F)c1. The Balaban J connectivity index is 2.65. The van der Waals surface area contributed by atoms with Crippen molar-refractivity contribution < 1.29 is 4.39 Å². The number of aryl methyl sites for hydroxylation is 2. The molecule has 1 aromatic carbocycles. The van der Waals surface area contributed by atoms with Crippen molar-refractivity contribution in [1.82, 2.24) is 15.0 Å². The van der Waals surface area contributed by atoms with Crippen molar-refractivity contribution in [3.63, 3.8) is 0 Å². The molecular weight excluding hydrogens is 245 g/mol. The molecule has 0 aliphatic carbocycles. The van der Waals surface area contributed by atoms with Gasteiger partial charge in [-0.15, -0.1) is 0 Å². The van der Waals surface area contributed by atoms with Crippen molar-refractivity contribution in [2.75, 3.05) is 24.7 Å². The first-order valence-electron chi connectivity index (χ1n) is 5.84. The molecule has 0 amide bonds. The van der Waals surface area contributed by atoms with Gasteiger partial charge in [-0.3, -0.25) is 0 Å². The predicted molar refractivity (Wildman–Crippen MR) is 73.4 cm³/mol. The van der Waals surface area contributed by atoms with Gasteiger partial charge in [0.05, 0.1) is 5.56 Å². The number of aromatic nitrogens is 3. The van der Waals surface area contributed by atoms with Gasteiger partial charge in [0.2, 0.25) is 11.9 Å². The van der Waals surface area contributed by atoms with Crippen LogP contribution in [0.4, 0.5) is 16.3 Å². The summed E-state index contributed by atoms with van der Waals surface area (Å²) in [6.07, 6.45) is 0. The maximum Gasteiger partial charge on any atom is 0.230 e. The summed E-state index contributed by atoms with van der Waals surface area (Å²) in [5.74, 6) is 0.383. The molecule has 100 valence electrons. The van der Waals surface area contributed by atoms with E-state index >= 15 is 0 Å². The summed E-state index contributed by atoms with van der Waals surface area (Å²) in [5, 5.41) is 0. The van der Waals surface area contributed by atoms with Crippen LogP contribution < -0.4 is 10.6 Å². The van der Waals surface area contributed by atoms with Crippen LogP contribution in [0.3, 0.4) is 0 Å². The van der Waals surface area contributed by atoms with Crippen LogP contribution >= 0.6 is 0 Å². The first kappa shape index (κ1) is 13.2. The summed E-state index contributed by atoms with van der Waals surface area (Å²) in [7, 11) is 3.58. The van der Waals surface area contributed by atoms with Crippen LogP contribution in [-0.2, 0) is 0 Å². The van der Waals surface area contributed by atoms with Gasteiger partial charge in [-0.1, -0.05) is 6.07 Å². The zero-order valence-corrected chi connectivity index (χ0v) is 11.4. The first-order chi connectivity index (χ1) is 8.88. The second kappa shape index (κ2) is 4.79. The highest BCUT2D eigenvalue weighted by Gasteiger charge is 2.15. The van der Waals surface area contributed by atoms with E-state index in [2.05, 4.69) is 15.0 Å². The molecule has 0 saturated heterocycles. The number of halogens is 1. The number of hydrogen-bond donors (Lipinski definition) is 1. The molecule has 0 aliphatic heterocycles. The minimum atomic E-state index is -0.354. The summed E-state index contributed by atoms with van der Waals surface area (Å²) >= 11 is 0. The number of hydrogen-bond acceptors (Lipinski definition) is 5. The fourth-order valence-corrected chi connectivity index (χ4v) is 1.89. The number of benzene rings is 1. The van der Waals surface area contributed by atoms with Crippen molar-refractivity contribution in [2.45, 2.75) is 13.8 Å². The fraction of sp³-hybridized carbons (Fsp3) is 0.308. The predicted octanol–water partition coefficient (Wildman–Crippen LogP) is 1.94. The lowest BCUT2D eigenvalue weighted by molar-refractivity contribution is 0.627. The fourth-order valence-electron chi connectivity index (χ4n) is 1.89. The molecule has 1 heterocycles. The van der Waals surface area contributed by atoms with E-state index in [0.717, 1.165) is 11.1 Å². The highest BCUT2D eigenvalue weighted by molar-refractivity contribution is 5.63. The first-order valence-corrected chi connectivity index (χ1v) is 5.84. The zero-order valence-electron chi connectivity index (χ0n) is 11.4. The van der Waals surface area contributed by atoms with Crippen LogP contribution in [0.2, 0.25) is 0 Å². The second-order valence-corrected chi connectivity index (χ2v) is 4.65. The normalized spacial score (nSPS) is 10.6. The lowest BCUT2D eigenvalue weighted by Crippen LogP contribution is -2.15. The molecule has 2 N–H and O–H groups in total. The summed E-state index contributed by atoms with van der Waals surface area (Å²) in [4.78, 5) is 14.0. The molecule has 0 saturated carbocycles. The molecule has 0 bridgehead atoms. The van der Waals surface area contributed by atoms with E-state index in [1.165, 1.54) is 6.07 Å². The topological polar surface area (TPSA) is 67.9 Å². The third-order valence-corrected chi connectivity index (χ3v) is 2.70. The third-order valence-electron chi connectivity index (χ3n) is 2.70. The standard InChI is InChI=1S/C13H16FN5/c1-7-5-8(2)10(9(14)6-7)11-16-12(15)18-13(17-11)19(3)4/h5-6H,1-4H3,(H2,15,16,17,18). The van der Waals surface area contributed by atoms with E-state index in [9.17, 15) is 4.39 Å². The van der Waals surface area contributed by atoms with Crippen molar-refractivity contribution in [3.05, 3.63) is 29.1 Å². The van der Waals surface area contributed by atoms with E-state index < -0.39 is 0 Å². The molecule has 1 aromatic heterocycles. The van der Waals surface area contributed by atoms with Crippen molar-refractivity contribution in [1.29, 1.82) is 0 Å². The minimum absolute atomic E-state index is 0.0769. The van der Waals surface area contributed by atoms with Gasteiger partial charge in [0.15, 0.2) is 5.82 Å². The summed E-state index contributed by atoms with van der Waals surface area (Å²) in [6, 6.07) is 3.34. The molecule has 6 heteroatoms. The highest BCUT2D eigenvalue weighted by Crippen LogP contribution is 2.26. The van der Waals surface area contributed by atoms with Gasteiger partial charge < -0.3 is 10.6 Å². The van der Waals surface area contributed by atoms with Gasteiger partial charge in [-0.05, 0) is 31.0 Å². The number of nitrogens with two attached hydrogens (primary N) is 1.